The molecular formula is C16H25NO4. The Labute approximate surface area is 125 Å². The molecule has 2 fully saturated rings. The summed E-state index contributed by atoms with van der Waals surface area (Å²) in [6.45, 7) is 1.96. The number of aliphatic carboxylic acids is 1. The number of likely N-dealkylation sites (tertiary alicyclic amines) is 1. The first kappa shape index (κ1) is 16.0. The van der Waals surface area contributed by atoms with Crippen molar-refractivity contribution in [3.05, 3.63) is 0 Å². The third kappa shape index (κ3) is 3.27. The van der Waals surface area contributed by atoms with Crippen molar-refractivity contribution in [2.45, 2.75) is 64.7 Å². The molecule has 118 valence electrons. The van der Waals surface area contributed by atoms with E-state index in [0.29, 0.717) is 6.42 Å². The molecule has 5 nitrogen and oxygen atoms in total. The minimum Gasteiger partial charge on any atom is -0.481 e. The molecule has 0 radical (unpaired) electrons. The summed E-state index contributed by atoms with van der Waals surface area (Å²) in [6, 6.07) is 0. The number of carboxylic acids is 1. The Morgan fingerprint density at radius 3 is 2.38 bits per heavy atom. The highest BCUT2D eigenvalue weighted by molar-refractivity contribution is 6.06. The molecule has 1 spiro atoms. The smallest absolute Gasteiger partial charge is 0.308 e. The molecule has 1 saturated heterocycles. The monoisotopic (exact) mass is 295 g/mol. The molecule has 1 aliphatic heterocycles. The van der Waals surface area contributed by atoms with Crippen LogP contribution in [0.1, 0.15) is 64.7 Å². The molecule has 5 heteroatoms. The fraction of sp³-hybridized carbons (Fsp3) is 0.812. The van der Waals surface area contributed by atoms with Crippen LogP contribution in [0, 0.1) is 11.3 Å². The number of carbonyl (C=O) groups excluding carboxylic acids is 2. The number of imide groups is 1. The topological polar surface area (TPSA) is 74.7 Å². The molecule has 1 unspecified atom stereocenters. The maximum absolute atomic E-state index is 12.7. The molecule has 1 atom stereocenters. The van der Waals surface area contributed by atoms with E-state index < -0.39 is 17.3 Å². The van der Waals surface area contributed by atoms with Crippen LogP contribution in [0.4, 0.5) is 0 Å². The SMILES string of the molecule is CCCC(CN1C(=O)CC2(CCCCCC2)C1=O)C(=O)O. The fourth-order valence-electron chi connectivity index (χ4n) is 3.70. The van der Waals surface area contributed by atoms with Crippen molar-refractivity contribution in [1.29, 1.82) is 0 Å². The molecule has 1 saturated carbocycles. The van der Waals surface area contributed by atoms with E-state index >= 15 is 0 Å². The second kappa shape index (κ2) is 6.58. The highest BCUT2D eigenvalue weighted by Gasteiger charge is 2.51. The summed E-state index contributed by atoms with van der Waals surface area (Å²) >= 11 is 0. The van der Waals surface area contributed by atoms with Crippen molar-refractivity contribution in [2.24, 2.45) is 11.3 Å². The standard InChI is InChI=1S/C16H25NO4/c1-2-7-12(14(19)20)11-17-13(18)10-16(15(17)21)8-5-3-4-6-9-16/h12H,2-11H2,1H3,(H,19,20). The van der Waals surface area contributed by atoms with Gasteiger partial charge in [-0.05, 0) is 19.3 Å². The molecule has 1 heterocycles. The summed E-state index contributed by atoms with van der Waals surface area (Å²) < 4.78 is 0. The molecule has 21 heavy (non-hydrogen) atoms. The van der Waals surface area contributed by atoms with Gasteiger partial charge in [-0.2, -0.15) is 0 Å². The van der Waals surface area contributed by atoms with Crippen molar-refractivity contribution >= 4 is 17.8 Å². The lowest BCUT2D eigenvalue weighted by molar-refractivity contribution is -0.147. The lowest BCUT2D eigenvalue weighted by Crippen LogP contribution is -2.40. The van der Waals surface area contributed by atoms with Gasteiger partial charge in [0.1, 0.15) is 0 Å². The summed E-state index contributed by atoms with van der Waals surface area (Å²) in [7, 11) is 0. The normalized spacial score (nSPS) is 23.4. The van der Waals surface area contributed by atoms with Gasteiger partial charge in [-0.25, -0.2) is 0 Å². The van der Waals surface area contributed by atoms with Crippen LogP contribution in [0.25, 0.3) is 0 Å². The molecule has 2 amide bonds. The fourth-order valence-corrected chi connectivity index (χ4v) is 3.70. The maximum atomic E-state index is 12.7. The van der Waals surface area contributed by atoms with Crippen molar-refractivity contribution in [3.63, 3.8) is 0 Å². The van der Waals surface area contributed by atoms with Crippen LogP contribution in [0.15, 0.2) is 0 Å². The molecular weight excluding hydrogens is 270 g/mol. The van der Waals surface area contributed by atoms with Crippen molar-refractivity contribution < 1.29 is 19.5 Å². The number of carbonyl (C=O) groups is 3. The Morgan fingerprint density at radius 1 is 1.24 bits per heavy atom. The number of carboxylic acid groups (broad SMARTS) is 1. The highest BCUT2D eigenvalue weighted by atomic mass is 16.4. The van der Waals surface area contributed by atoms with Crippen molar-refractivity contribution in [2.75, 3.05) is 6.54 Å². The van der Waals surface area contributed by atoms with Gasteiger partial charge in [-0.1, -0.05) is 39.0 Å². The summed E-state index contributed by atoms with van der Waals surface area (Å²) in [4.78, 5) is 37.5. The van der Waals surface area contributed by atoms with Gasteiger partial charge in [0, 0.05) is 13.0 Å². The van der Waals surface area contributed by atoms with Crippen molar-refractivity contribution in [3.8, 4) is 0 Å². The second-order valence-corrected chi connectivity index (χ2v) is 6.50. The van der Waals surface area contributed by atoms with E-state index in [2.05, 4.69) is 0 Å². The maximum Gasteiger partial charge on any atom is 0.308 e. The second-order valence-electron chi connectivity index (χ2n) is 6.50. The molecule has 0 bridgehead atoms. The molecule has 0 aromatic rings. The van der Waals surface area contributed by atoms with E-state index in [1.807, 2.05) is 6.92 Å². The van der Waals surface area contributed by atoms with Crippen LogP contribution in [0.5, 0.6) is 0 Å². The zero-order valence-electron chi connectivity index (χ0n) is 12.8. The van der Waals surface area contributed by atoms with E-state index in [0.717, 1.165) is 44.9 Å². The lowest BCUT2D eigenvalue weighted by atomic mass is 9.79. The van der Waals surface area contributed by atoms with Crippen molar-refractivity contribution in [1.82, 2.24) is 4.90 Å². The highest BCUT2D eigenvalue weighted by Crippen LogP contribution is 2.44. The zero-order chi connectivity index (χ0) is 15.5. The van der Waals surface area contributed by atoms with Gasteiger partial charge < -0.3 is 5.11 Å². The predicted octanol–water partition coefficient (Wildman–Crippen LogP) is 2.59. The van der Waals surface area contributed by atoms with Crippen LogP contribution >= 0.6 is 0 Å². The van der Waals surface area contributed by atoms with E-state index in [-0.39, 0.29) is 24.8 Å². The van der Waals surface area contributed by atoms with E-state index in [1.54, 1.807) is 0 Å². The van der Waals surface area contributed by atoms with Crippen LogP contribution in [0.2, 0.25) is 0 Å². The quantitative estimate of drug-likeness (QED) is 0.791. The van der Waals surface area contributed by atoms with Gasteiger partial charge in [0.2, 0.25) is 11.8 Å². The summed E-state index contributed by atoms with van der Waals surface area (Å²) in [5.74, 6) is -1.84. The molecule has 1 aliphatic carbocycles. The Hall–Kier alpha value is -1.39. The van der Waals surface area contributed by atoms with Gasteiger partial charge >= 0.3 is 5.97 Å². The number of hydrogen-bond acceptors (Lipinski definition) is 3. The Kier molecular flexibility index (Phi) is 5.01. The first-order valence-electron chi connectivity index (χ1n) is 8.08. The molecule has 0 aromatic carbocycles. The average molecular weight is 295 g/mol. The predicted molar refractivity (Wildman–Crippen MR) is 77.5 cm³/mol. The van der Waals surface area contributed by atoms with Gasteiger partial charge in [0.15, 0.2) is 0 Å². The molecule has 0 aromatic heterocycles. The zero-order valence-corrected chi connectivity index (χ0v) is 12.8. The van der Waals surface area contributed by atoms with E-state index in [1.165, 1.54) is 4.90 Å². The Morgan fingerprint density at radius 2 is 1.86 bits per heavy atom. The van der Waals surface area contributed by atoms with Gasteiger partial charge in [0.05, 0.1) is 11.3 Å². The minimum absolute atomic E-state index is 0.0442. The van der Waals surface area contributed by atoms with Gasteiger partial charge in [0.25, 0.3) is 0 Å². The number of amides is 2. The summed E-state index contributed by atoms with van der Waals surface area (Å²) in [5, 5.41) is 9.23. The van der Waals surface area contributed by atoms with Gasteiger partial charge in [-0.15, -0.1) is 0 Å². The third-order valence-electron chi connectivity index (χ3n) is 4.94. The number of hydrogen-bond donors (Lipinski definition) is 1. The van der Waals surface area contributed by atoms with Crippen LogP contribution in [0.3, 0.4) is 0 Å². The molecule has 2 rings (SSSR count). The van der Waals surface area contributed by atoms with Crippen LogP contribution < -0.4 is 0 Å². The minimum atomic E-state index is -0.917. The summed E-state index contributed by atoms with van der Waals surface area (Å²) in [6.07, 6.45) is 7.29. The molecule has 2 aliphatic rings. The van der Waals surface area contributed by atoms with E-state index in [9.17, 15) is 19.5 Å². The van der Waals surface area contributed by atoms with Gasteiger partial charge in [-0.3, -0.25) is 19.3 Å². The first-order chi connectivity index (χ1) is 10.00. The molecule has 1 N–H and O–H groups in total. The number of rotatable bonds is 5. The van der Waals surface area contributed by atoms with E-state index in [4.69, 9.17) is 0 Å². The third-order valence-corrected chi connectivity index (χ3v) is 4.94. The number of nitrogens with zero attached hydrogens (tertiary/aromatic N) is 1. The first-order valence-corrected chi connectivity index (χ1v) is 8.08. The Bertz CT molecular complexity index is 424. The Balaban J connectivity index is 2.12. The largest absolute Gasteiger partial charge is 0.481 e. The lowest BCUT2D eigenvalue weighted by Gasteiger charge is -2.26. The summed E-state index contributed by atoms with van der Waals surface area (Å²) in [5.41, 5.74) is -0.525. The average Bonchev–Trinajstić information content (AvgIpc) is 2.62. The van der Waals surface area contributed by atoms with Crippen LogP contribution in [-0.2, 0) is 14.4 Å². The van der Waals surface area contributed by atoms with Crippen LogP contribution in [-0.4, -0.2) is 34.3 Å².